The Morgan fingerprint density at radius 1 is 0.403 bits per heavy atom. The van der Waals surface area contributed by atoms with E-state index in [0.29, 0.717) is 19.4 Å². The SMILES string of the molecule is CCCCCCCCCCCCC/C=C/C(O)C(CO)NC(=O)CCCCCCCCC/C=C\CCCCCCCCCCCOC(=O)CCCCCCCCCCCCCCCCCCC. The lowest BCUT2D eigenvalue weighted by Gasteiger charge is -2.20. The van der Waals surface area contributed by atoms with Crippen LogP contribution in [-0.2, 0) is 14.3 Å². The predicted molar refractivity (Wildman–Crippen MR) is 292 cm³/mol. The zero-order chi connectivity index (χ0) is 48.6. The third-order valence-corrected chi connectivity index (χ3v) is 14.0. The van der Waals surface area contributed by atoms with Gasteiger partial charge in [-0.25, -0.2) is 0 Å². The van der Waals surface area contributed by atoms with Crippen LogP contribution in [0.15, 0.2) is 24.3 Å². The highest BCUT2D eigenvalue weighted by Crippen LogP contribution is 2.17. The molecule has 0 radical (unpaired) electrons. The van der Waals surface area contributed by atoms with Crippen LogP contribution in [-0.4, -0.2) is 47.4 Å². The maximum atomic E-state index is 12.4. The Kier molecular flexibility index (Phi) is 55.5. The number of nitrogens with one attached hydrogen (secondary N) is 1. The third kappa shape index (κ3) is 53.5. The van der Waals surface area contributed by atoms with Crippen molar-refractivity contribution in [1.82, 2.24) is 5.32 Å². The number of aliphatic hydroxyl groups is 2. The molecule has 1 amide bonds. The number of carbonyl (C=O) groups excluding carboxylic acids is 2. The molecule has 6 nitrogen and oxygen atoms in total. The summed E-state index contributed by atoms with van der Waals surface area (Å²) < 4.78 is 5.49. The zero-order valence-corrected chi connectivity index (χ0v) is 45.1. The second-order valence-corrected chi connectivity index (χ2v) is 20.7. The first-order valence-electron chi connectivity index (χ1n) is 30.1. The van der Waals surface area contributed by atoms with Gasteiger partial charge in [-0.3, -0.25) is 9.59 Å². The van der Waals surface area contributed by atoms with Gasteiger partial charge in [-0.2, -0.15) is 0 Å². The number of amides is 1. The average Bonchev–Trinajstić information content (AvgIpc) is 3.33. The molecule has 0 saturated heterocycles. The van der Waals surface area contributed by atoms with E-state index < -0.39 is 12.1 Å². The number of carbonyl (C=O) groups is 2. The summed E-state index contributed by atoms with van der Waals surface area (Å²) in [6, 6.07) is -0.633. The molecule has 0 bridgehead atoms. The quantitative estimate of drug-likeness (QED) is 0.0321. The van der Waals surface area contributed by atoms with Crippen molar-refractivity contribution in [3.8, 4) is 0 Å². The number of ether oxygens (including phenoxy) is 1. The molecule has 0 aliphatic carbocycles. The Hall–Kier alpha value is -1.66. The second-order valence-electron chi connectivity index (χ2n) is 20.7. The van der Waals surface area contributed by atoms with Crippen LogP contribution in [0, 0.1) is 0 Å². The van der Waals surface area contributed by atoms with Crippen molar-refractivity contribution in [2.24, 2.45) is 0 Å². The van der Waals surface area contributed by atoms with Gasteiger partial charge in [0.05, 0.1) is 25.4 Å². The van der Waals surface area contributed by atoms with Crippen LogP contribution in [0.3, 0.4) is 0 Å². The maximum Gasteiger partial charge on any atom is 0.305 e. The molecule has 0 fully saturated rings. The summed E-state index contributed by atoms with van der Waals surface area (Å²) in [6.45, 7) is 4.91. The molecule has 0 aromatic heterocycles. The van der Waals surface area contributed by atoms with Crippen LogP contribution in [0.25, 0.3) is 0 Å². The van der Waals surface area contributed by atoms with E-state index in [1.165, 1.54) is 257 Å². The fraction of sp³-hybridized carbons (Fsp3) is 0.902. The van der Waals surface area contributed by atoms with Crippen molar-refractivity contribution >= 4 is 11.9 Å². The highest BCUT2D eigenvalue weighted by atomic mass is 16.5. The van der Waals surface area contributed by atoms with Crippen molar-refractivity contribution in [2.45, 2.75) is 341 Å². The Bertz CT molecular complexity index is 1040. The molecular formula is C61H117NO5. The molecule has 67 heavy (non-hydrogen) atoms. The van der Waals surface area contributed by atoms with Gasteiger partial charge in [-0.15, -0.1) is 0 Å². The van der Waals surface area contributed by atoms with E-state index in [1.54, 1.807) is 6.08 Å². The Labute approximate surface area is 418 Å². The van der Waals surface area contributed by atoms with Crippen molar-refractivity contribution in [3.05, 3.63) is 24.3 Å². The molecule has 3 N–H and O–H groups in total. The summed E-state index contributed by atoms with van der Waals surface area (Å²) in [5.41, 5.74) is 0. The van der Waals surface area contributed by atoms with Gasteiger partial charge >= 0.3 is 5.97 Å². The van der Waals surface area contributed by atoms with Gasteiger partial charge in [0.2, 0.25) is 5.91 Å². The number of aliphatic hydroxyl groups excluding tert-OH is 2. The summed E-state index contributed by atoms with van der Waals surface area (Å²) in [5.74, 6) is -0.0664. The van der Waals surface area contributed by atoms with Crippen molar-refractivity contribution < 1.29 is 24.5 Å². The van der Waals surface area contributed by atoms with Gasteiger partial charge in [-0.05, 0) is 57.8 Å². The molecular weight excluding hydrogens is 827 g/mol. The van der Waals surface area contributed by atoms with Crippen LogP contribution in [0.4, 0.5) is 0 Å². The van der Waals surface area contributed by atoms with Crippen molar-refractivity contribution in [2.75, 3.05) is 13.2 Å². The molecule has 2 atom stereocenters. The highest BCUT2D eigenvalue weighted by Gasteiger charge is 2.18. The number of esters is 1. The Balaban J connectivity index is 3.42. The van der Waals surface area contributed by atoms with E-state index >= 15 is 0 Å². The monoisotopic (exact) mass is 944 g/mol. The molecule has 0 rings (SSSR count). The molecule has 2 unspecified atom stereocenters. The summed E-state index contributed by atoms with van der Waals surface area (Å²) in [4.78, 5) is 24.5. The van der Waals surface area contributed by atoms with Crippen LogP contribution in [0.5, 0.6) is 0 Å². The van der Waals surface area contributed by atoms with Crippen molar-refractivity contribution in [3.63, 3.8) is 0 Å². The van der Waals surface area contributed by atoms with Crippen molar-refractivity contribution in [1.29, 1.82) is 0 Å². The molecule has 0 spiro atoms. The number of rotatable bonds is 56. The first-order chi connectivity index (χ1) is 33.0. The zero-order valence-electron chi connectivity index (χ0n) is 45.1. The fourth-order valence-corrected chi connectivity index (χ4v) is 9.34. The average molecular weight is 945 g/mol. The Morgan fingerprint density at radius 3 is 1.06 bits per heavy atom. The van der Waals surface area contributed by atoms with Gasteiger partial charge in [-0.1, -0.05) is 282 Å². The minimum absolute atomic E-state index is 0.00962. The standard InChI is InChI=1S/C61H117NO5/c1-3-5-7-9-11-13-15-17-18-23-27-31-35-39-43-47-51-55-61(66)67-56-52-48-44-40-36-32-28-25-22-20-19-21-24-26-30-34-38-42-46-50-54-60(65)62-58(57-63)59(64)53-49-45-41-37-33-29-16-14-12-10-8-6-4-2/h19,21,49,53,58-59,63-64H,3-18,20,22-48,50-52,54-57H2,1-2H3,(H,62,65)/b21-19-,53-49+. The van der Waals surface area contributed by atoms with Gasteiger partial charge < -0.3 is 20.3 Å². The van der Waals surface area contributed by atoms with Crippen LogP contribution >= 0.6 is 0 Å². The topological polar surface area (TPSA) is 95.9 Å². The lowest BCUT2D eigenvalue weighted by atomic mass is 10.0. The summed E-state index contributed by atoms with van der Waals surface area (Å²) in [6.07, 6.45) is 69.2. The first-order valence-corrected chi connectivity index (χ1v) is 30.1. The van der Waals surface area contributed by atoms with Crippen LogP contribution in [0.2, 0.25) is 0 Å². The molecule has 0 saturated carbocycles. The number of unbranched alkanes of at least 4 members (excludes halogenated alkanes) is 43. The van der Waals surface area contributed by atoms with Gasteiger partial charge in [0, 0.05) is 12.8 Å². The second kappa shape index (κ2) is 56.9. The summed E-state index contributed by atoms with van der Waals surface area (Å²) in [7, 11) is 0. The minimum Gasteiger partial charge on any atom is -0.466 e. The molecule has 6 heteroatoms. The molecule has 0 heterocycles. The molecule has 0 aliphatic heterocycles. The smallest absolute Gasteiger partial charge is 0.305 e. The third-order valence-electron chi connectivity index (χ3n) is 14.0. The largest absolute Gasteiger partial charge is 0.466 e. The number of hydrogen-bond donors (Lipinski definition) is 3. The minimum atomic E-state index is -0.849. The molecule has 0 aromatic rings. The van der Waals surface area contributed by atoms with E-state index in [1.807, 2.05) is 6.08 Å². The van der Waals surface area contributed by atoms with Gasteiger partial charge in [0.1, 0.15) is 0 Å². The van der Waals surface area contributed by atoms with Gasteiger partial charge in [0.25, 0.3) is 0 Å². The lowest BCUT2D eigenvalue weighted by molar-refractivity contribution is -0.143. The number of hydrogen-bond acceptors (Lipinski definition) is 5. The van der Waals surface area contributed by atoms with E-state index in [9.17, 15) is 19.8 Å². The van der Waals surface area contributed by atoms with E-state index in [-0.39, 0.29) is 18.5 Å². The van der Waals surface area contributed by atoms with E-state index in [0.717, 1.165) is 44.9 Å². The predicted octanol–water partition coefficient (Wildman–Crippen LogP) is 18.6. The molecule has 0 aromatic carbocycles. The van der Waals surface area contributed by atoms with Gasteiger partial charge in [0.15, 0.2) is 0 Å². The Morgan fingerprint density at radius 2 is 0.701 bits per heavy atom. The van der Waals surface area contributed by atoms with Crippen LogP contribution < -0.4 is 5.32 Å². The number of allylic oxidation sites excluding steroid dienone is 3. The first kappa shape index (κ1) is 65.3. The summed E-state index contributed by atoms with van der Waals surface area (Å²) in [5, 5.41) is 23.1. The van der Waals surface area contributed by atoms with E-state index in [2.05, 4.69) is 31.3 Å². The maximum absolute atomic E-state index is 12.4. The normalized spacial score (nSPS) is 12.7. The molecule has 0 aliphatic rings. The summed E-state index contributed by atoms with van der Waals surface area (Å²) >= 11 is 0. The lowest BCUT2D eigenvalue weighted by Crippen LogP contribution is -2.45. The highest BCUT2D eigenvalue weighted by molar-refractivity contribution is 5.76. The molecule has 396 valence electrons. The van der Waals surface area contributed by atoms with Crippen LogP contribution in [0.1, 0.15) is 328 Å². The fourth-order valence-electron chi connectivity index (χ4n) is 9.34. The van der Waals surface area contributed by atoms with E-state index in [4.69, 9.17) is 4.74 Å².